The molecule has 11 heavy (non-hydrogen) atoms. The van der Waals surface area contributed by atoms with Gasteiger partial charge in [-0.3, -0.25) is 4.79 Å². The molecule has 0 unspecified atom stereocenters. The SMILES string of the molecule is CCN(CC)C(=O)C=C(C)O. The Labute approximate surface area is 67.3 Å². The smallest absolute Gasteiger partial charge is 0.249 e. The maximum atomic E-state index is 11.1. The van der Waals surface area contributed by atoms with E-state index in [0.717, 1.165) is 0 Å². The second-order valence-corrected chi connectivity index (χ2v) is 2.30. The first-order valence-electron chi connectivity index (χ1n) is 3.78. The number of aliphatic hydroxyl groups excluding tert-OH is 1. The van der Waals surface area contributed by atoms with Crippen molar-refractivity contribution in [2.24, 2.45) is 0 Å². The number of rotatable bonds is 3. The van der Waals surface area contributed by atoms with E-state index >= 15 is 0 Å². The quantitative estimate of drug-likeness (QED) is 0.495. The van der Waals surface area contributed by atoms with Gasteiger partial charge < -0.3 is 10.0 Å². The van der Waals surface area contributed by atoms with Crippen molar-refractivity contribution in [2.75, 3.05) is 13.1 Å². The van der Waals surface area contributed by atoms with Crippen LogP contribution in [0.15, 0.2) is 11.8 Å². The van der Waals surface area contributed by atoms with Crippen LogP contribution in [0.3, 0.4) is 0 Å². The number of allylic oxidation sites excluding steroid dienone is 1. The molecule has 3 heteroatoms. The standard InChI is InChI=1S/C8H15NO2/c1-4-9(5-2)8(11)6-7(3)10/h6,10H,4-5H2,1-3H3. The van der Waals surface area contributed by atoms with E-state index in [4.69, 9.17) is 5.11 Å². The highest BCUT2D eigenvalue weighted by atomic mass is 16.3. The van der Waals surface area contributed by atoms with Crippen molar-refractivity contribution in [1.29, 1.82) is 0 Å². The first kappa shape index (κ1) is 10.0. The molecule has 3 nitrogen and oxygen atoms in total. The maximum Gasteiger partial charge on any atom is 0.249 e. The largest absolute Gasteiger partial charge is 0.512 e. The third kappa shape index (κ3) is 3.65. The van der Waals surface area contributed by atoms with Gasteiger partial charge in [0, 0.05) is 19.2 Å². The number of likely N-dealkylation sites (N-methyl/N-ethyl adjacent to an activating group) is 1. The Morgan fingerprint density at radius 3 is 2.18 bits per heavy atom. The molecule has 64 valence electrons. The second kappa shape index (κ2) is 4.77. The van der Waals surface area contributed by atoms with Crippen LogP contribution in [-0.4, -0.2) is 29.0 Å². The lowest BCUT2D eigenvalue weighted by molar-refractivity contribution is -0.125. The van der Waals surface area contributed by atoms with Gasteiger partial charge in [0.05, 0.1) is 5.76 Å². The summed E-state index contributed by atoms with van der Waals surface area (Å²) in [6.07, 6.45) is 1.23. The minimum atomic E-state index is -0.130. The van der Waals surface area contributed by atoms with Crippen LogP contribution in [0.1, 0.15) is 20.8 Å². The highest BCUT2D eigenvalue weighted by molar-refractivity contribution is 5.87. The summed E-state index contributed by atoms with van der Waals surface area (Å²) in [6, 6.07) is 0. The van der Waals surface area contributed by atoms with Crippen molar-refractivity contribution < 1.29 is 9.90 Å². The molecule has 0 aromatic heterocycles. The predicted octanol–water partition coefficient (Wildman–Crippen LogP) is 1.32. The lowest BCUT2D eigenvalue weighted by Crippen LogP contribution is -2.28. The number of aliphatic hydroxyl groups is 1. The van der Waals surface area contributed by atoms with Crippen LogP contribution < -0.4 is 0 Å². The molecule has 0 atom stereocenters. The topological polar surface area (TPSA) is 40.5 Å². The summed E-state index contributed by atoms with van der Waals surface area (Å²) in [5.41, 5.74) is 0. The molecule has 0 saturated carbocycles. The van der Waals surface area contributed by atoms with E-state index in [1.54, 1.807) is 4.90 Å². The molecule has 0 aromatic rings. The van der Waals surface area contributed by atoms with Gasteiger partial charge in [0.25, 0.3) is 0 Å². The van der Waals surface area contributed by atoms with Crippen molar-refractivity contribution in [3.63, 3.8) is 0 Å². The maximum absolute atomic E-state index is 11.1. The van der Waals surface area contributed by atoms with Gasteiger partial charge in [0.15, 0.2) is 0 Å². The molecule has 1 amide bonds. The lowest BCUT2D eigenvalue weighted by atomic mass is 10.4. The Kier molecular flexibility index (Phi) is 4.34. The van der Waals surface area contributed by atoms with Crippen LogP contribution in [0.5, 0.6) is 0 Å². The Hall–Kier alpha value is -0.990. The first-order chi connectivity index (χ1) is 5.11. The molecule has 0 saturated heterocycles. The van der Waals surface area contributed by atoms with Crippen LogP contribution in [0.2, 0.25) is 0 Å². The van der Waals surface area contributed by atoms with Crippen molar-refractivity contribution in [2.45, 2.75) is 20.8 Å². The summed E-state index contributed by atoms with van der Waals surface area (Å²) in [4.78, 5) is 12.7. The first-order valence-corrected chi connectivity index (χ1v) is 3.78. The molecule has 0 aliphatic rings. The summed E-state index contributed by atoms with van der Waals surface area (Å²) < 4.78 is 0. The lowest BCUT2D eigenvalue weighted by Gasteiger charge is -2.15. The second-order valence-electron chi connectivity index (χ2n) is 2.30. The molecule has 1 N–H and O–H groups in total. The molecule has 0 aliphatic carbocycles. The Morgan fingerprint density at radius 1 is 1.45 bits per heavy atom. The van der Waals surface area contributed by atoms with E-state index in [1.807, 2.05) is 13.8 Å². The van der Waals surface area contributed by atoms with Crippen LogP contribution in [0.4, 0.5) is 0 Å². The van der Waals surface area contributed by atoms with E-state index < -0.39 is 0 Å². The van der Waals surface area contributed by atoms with Crippen molar-refractivity contribution >= 4 is 5.91 Å². The highest BCUT2D eigenvalue weighted by Crippen LogP contribution is 1.93. The minimum absolute atomic E-state index is 0.0573. The molecule has 0 aliphatic heterocycles. The molecule has 0 aromatic carbocycles. The van der Waals surface area contributed by atoms with Gasteiger partial charge in [-0.05, 0) is 20.8 Å². The highest BCUT2D eigenvalue weighted by Gasteiger charge is 2.05. The Balaban J connectivity index is 4.11. The van der Waals surface area contributed by atoms with Crippen molar-refractivity contribution in [3.05, 3.63) is 11.8 Å². The van der Waals surface area contributed by atoms with Gasteiger partial charge in [0.2, 0.25) is 5.91 Å². The van der Waals surface area contributed by atoms with Gasteiger partial charge >= 0.3 is 0 Å². The summed E-state index contributed by atoms with van der Waals surface area (Å²) in [6.45, 7) is 6.66. The molecular weight excluding hydrogens is 142 g/mol. The number of carbonyl (C=O) groups is 1. The number of nitrogens with zero attached hydrogens (tertiary/aromatic N) is 1. The van der Waals surface area contributed by atoms with E-state index in [0.29, 0.717) is 13.1 Å². The predicted molar refractivity (Wildman–Crippen MR) is 44.3 cm³/mol. The summed E-state index contributed by atoms with van der Waals surface area (Å²) in [5, 5.41) is 8.78. The van der Waals surface area contributed by atoms with Gasteiger partial charge in [-0.2, -0.15) is 0 Å². The third-order valence-electron chi connectivity index (χ3n) is 1.41. The average Bonchev–Trinajstić information content (AvgIpc) is 1.88. The van der Waals surface area contributed by atoms with Crippen molar-refractivity contribution in [1.82, 2.24) is 4.90 Å². The van der Waals surface area contributed by atoms with E-state index in [1.165, 1.54) is 13.0 Å². The fourth-order valence-electron chi connectivity index (χ4n) is 0.805. The van der Waals surface area contributed by atoms with Crippen molar-refractivity contribution in [3.8, 4) is 0 Å². The van der Waals surface area contributed by atoms with E-state index in [9.17, 15) is 4.79 Å². The molecule has 0 radical (unpaired) electrons. The van der Waals surface area contributed by atoms with Gasteiger partial charge in [-0.25, -0.2) is 0 Å². The van der Waals surface area contributed by atoms with Crippen LogP contribution in [0, 0.1) is 0 Å². The summed E-state index contributed by atoms with van der Waals surface area (Å²) >= 11 is 0. The van der Waals surface area contributed by atoms with Gasteiger partial charge in [-0.15, -0.1) is 0 Å². The zero-order valence-electron chi connectivity index (χ0n) is 7.29. The Morgan fingerprint density at radius 2 is 1.91 bits per heavy atom. The van der Waals surface area contributed by atoms with Crippen LogP contribution in [0.25, 0.3) is 0 Å². The van der Waals surface area contributed by atoms with Crippen LogP contribution >= 0.6 is 0 Å². The minimum Gasteiger partial charge on any atom is -0.512 e. The number of hydrogen-bond donors (Lipinski definition) is 1. The normalized spacial score (nSPS) is 11.4. The Bertz CT molecular complexity index is 155. The van der Waals surface area contributed by atoms with E-state index in [-0.39, 0.29) is 11.7 Å². The zero-order valence-corrected chi connectivity index (χ0v) is 7.29. The average molecular weight is 157 g/mol. The van der Waals surface area contributed by atoms with E-state index in [2.05, 4.69) is 0 Å². The monoisotopic (exact) mass is 157 g/mol. The molecule has 0 fully saturated rings. The number of hydrogen-bond acceptors (Lipinski definition) is 2. The number of carbonyl (C=O) groups excluding carboxylic acids is 1. The number of amides is 1. The third-order valence-corrected chi connectivity index (χ3v) is 1.41. The zero-order chi connectivity index (χ0) is 8.85. The van der Waals surface area contributed by atoms with Gasteiger partial charge in [-0.1, -0.05) is 0 Å². The fraction of sp³-hybridized carbons (Fsp3) is 0.625. The molecule has 0 spiro atoms. The summed E-state index contributed by atoms with van der Waals surface area (Å²) in [5.74, 6) is -0.0723. The van der Waals surface area contributed by atoms with Crippen LogP contribution in [-0.2, 0) is 4.79 Å². The molecule has 0 rings (SSSR count). The summed E-state index contributed by atoms with van der Waals surface area (Å²) in [7, 11) is 0. The van der Waals surface area contributed by atoms with Gasteiger partial charge in [0.1, 0.15) is 0 Å². The molecular formula is C8H15NO2. The molecule has 0 heterocycles. The molecule has 0 bridgehead atoms. The fourth-order valence-corrected chi connectivity index (χ4v) is 0.805.